The van der Waals surface area contributed by atoms with Crippen molar-refractivity contribution < 1.29 is 34.1 Å². The van der Waals surface area contributed by atoms with Gasteiger partial charge in [-0.15, -0.1) is 0 Å². The first-order valence-electron chi connectivity index (χ1n) is 9.43. The lowest BCUT2D eigenvalue weighted by molar-refractivity contribution is -0.153. The van der Waals surface area contributed by atoms with Crippen LogP contribution in [0.1, 0.15) is 26.3 Å². The molecule has 29 heavy (non-hydrogen) atoms. The zero-order valence-corrected chi connectivity index (χ0v) is 17.3. The van der Waals surface area contributed by atoms with E-state index in [1.807, 2.05) is 13.8 Å². The van der Waals surface area contributed by atoms with E-state index in [1.54, 1.807) is 31.2 Å². The molecule has 162 valence electrons. The number of carboxylic acids is 1. The van der Waals surface area contributed by atoms with Crippen molar-refractivity contribution in [3.63, 3.8) is 0 Å². The maximum atomic E-state index is 12.7. The molecule has 0 spiro atoms. The smallest absolute Gasteiger partial charge is 0.336 e. The van der Waals surface area contributed by atoms with Gasteiger partial charge in [0.1, 0.15) is 11.8 Å². The largest absolute Gasteiger partial charge is 0.497 e. The van der Waals surface area contributed by atoms with Crippen LogP contribution < -0.4 is 10.1 Å². The number of rotatable bonds is 11. The lowest BCUT2D eigenvalue weighted by Crippen LogP contribution is -2.52. The Bertz CT molecular complexity index is 693. The Balaban J connectivity index is 2.89. The average Bonchev–Trinajstić information content (AvgIpc) is 2.66. The van der Waals surface area contributed by atoms with Crippen LogP contribution in [0.25, 0.3) is 0 Å². The molecule has 0 aromatic heterocycles. The van der Waals surface area contributed by atoms with E-state index in [1.165, 1.54) is 12.0 Å². The molecule has 1 aromatic rings. The fraction of sp³-hybridized carbons (Fsp3) is 0.550. The number of nitrogens with one attached hydrogen (secondary N) is 1. The normalized spacial score (nSPS) is 12.8. The summed E-state index contributed by atoms with van der Waals surface area (Å²) in [5.41, 5.74) is 0.680. The highest BCUT2D eigenvalue weighted by atomic mass is 16.5. The number of aliphatic hydroxyl groups excluding tert-OH is 1. The quantitative estimate of drug-likeness (QED) is 0.469. The summed E-state index contributed by atoms with van der Waals surface area (Å²) in [4.78, 5) is 37.3. The summed E-state index contributed by atoms with van der Waals surface area (Å²) in [7, 11) is 1.51. The third kappa shape index (κ3) is 8.39. The van der Waals surface area contributed by atoms with Crippen LogP contribution in [0.15, 0.2) is 24.3 Å². The number of carboxylic acid groups (broad SMARTS) is 1. The second-order valence-electron chi connectivity index (χ2n) is 6.96. The standard InChI is InChI=1S/C20H30N2O7/c1-5-29-19(26)17(23)12-22(11-13(2)3)20(27)21-16(18(24)25)10-14-7-6-8-15(9-14)28-4/h6-9,13,16-17,23H,5,10-12H2,1-4H3,(H,21,27)(H,24,25). The molecule has 3 N–H and O–H groups in total. The predicted molar refractivity (Wildman–Crippen MR) is 106 cm³/mol. The molecule has 1 rings (SSSR count). The molecule has 0 aliphatic carbocycles. The van der Waals surface area contributed by atoms with Gasteiger partial charge in [-0.1, -0.05) is 26.0 Å². The lowest BCUT2D eigenvalue weighted by atomic mass is 10.1. The number of benzene rings is 1. The number of methoxy groups -OCH3 is 1. The molecule has 0 heterocycles. The van der Waals surface area contributed by atoms with Crippen molar-refractivity contribution >= 4 is 18.0 Å². The first-order chi connectivity index (χ1) is 13.7. The van der Waals surface area contributed by atoms with Crippen molar-refractivity contribution in [3.8, 4) is 5.75 Å². The maximum absolute atomic E-state index is 12.7. The predicted octanol–water partition coefficient (Wildman–Crippen LogP) is 1.28. The molecule has 9 nitrogen and oxygen atoms in total. The number of esters is 1. The van der Waals surface area contributed by atoms with Crippen molar-refractivity contribution in [3.05, 3.63) is 29.8 Å². The second kappa shape index (κ2) is 11.9. The maximum Gasteiger partial charge on any atom is 0.336 e. The first kappa shape index (κ1) is 24.2. The molecule has 0 aliphatic rings. The Kier molecular flexibility index (Phi) is 9.94. The molecule has 9 heteroatoms. The molecular weight excluding hydrogens is 380 g/mol. The number of hydrogen-bond acceptors (Lipinski definition) is 6. The van der Waals surface area contributed by atoms with Crippen LogP contribution in [0.4, 0.5) is 4.79 Å². The van der Waals surface area contributed by atoms with Gasteiger partial charge in [0, 0.05) is 13.0 Å². The molecule has 2 amide bonds. The van der Waals surface area contributed by atoms with Crippen LogP contribution in [0.5, 0.6) is 5.75 Å². The molecule has 0 bridgehead atoms. The van der Waals surface area contributed by atoms with Gasteiger partial charge in [-0.2, -0.15) is 0 Å². The molecule has 2 unspecified atom stereocenters. The Labute approximate surface area is 170 Å². The van der Waals surface area contributed by atoms with Crippen LogP contribution in [0, 0.1) is 5.92 Å². The SMILES string of the molecule is CCOC(=O)C(O)CN(CC(C)C)C(=O)NC(Cc1cccc(OC)c1)C(=O)O. The van der Waals surface area contributed by atoms with E-state index in [2.05, 4.69) is 5.32 Å². The summed E-state index contributed by atoms with van der Waals surface area (Å²) in [5, 5.41) is 22.0. The number of ether oxygens (including phenoxy) is 2. The highest BCUT2D eigenvalue weighted by Gasteiger charge is 2.27. The lowest BCUT2D eigenvalue weighted by Gasteiger charge is -2.28. The zero-order valence-electron chi connectivity index (χ0n) is 17.3. The van der Waals surface area contributed by atoms with Gasteiger partial charge < -0.3 is 29.9 Å². The summed E-state index contributed by atoms with van der Waals surface area (Å²) in [6, 6.07) is 5.02. The van der Waals surface area contributed by atoms with Crippen LogP contribution in [-0.2, 0) is 20.7 Å². The third-order valence-electron chi connectivity index (χ3n) is 3.99. The van der Waals surface area contributed by atoms with Crippen LogP contribution >= 0.6 is 0 Å². The van der Waals surface area contributed by atoms with Gasteiger partial charge in [-0.05, 0) is 30.5 Å². The van der Waals surface area contributed by atoms with E-state index in [0.29, 0.717) is 11.3 Å². The zero-order chi connectivity index (χ0) is 22.0. The van der Waals surface area contributed by atoms with Crippen molar-refractivity contribution in [2.75, 3.05) is 26.8 Å². The minimum Gasteiger partial charge on any atom is -0.497 e. The Hall–Kier alpha value is -2.81. The summed E-state index contributed by atoms with van der Waals surface area (Å²) in [6.45, 7) is 5.37. The topological polar surface area (TPSA) is 125 Å². The molecule has 0 saturated carbocycles. The molecular formula is C20H30N2O7. The number of aliphatic hydroxyl groups is 1. The monoisotopic (exact) mass is 410 g/mol. The van der Waals surface area contributed by atoms with E-state index >= 15 is 0 Å². The minimum absolute atomic E-state index is 0.0387. The Morgan fingerprint density at radius 3 is 2.45 bits per heavy atom. The van der Waals surface area contributed by atoms with E-state index < -0.39 is 30.1 Å². The summed E-state index contributed by atoms with van der Waals surface area (Å²) in [5.74, 6) is -1.41. The molecule has 0 radical (unpaired) electrons. The molecule has 2 atom stereocenters. The van der Waals surface area contributed by atoms with Crippen molar-refractivity contribution in [2.24, 2.45) is 5.92 Å². The number of hydrogen-bond donors (Lipinski definition) is 3. The van der Waals surface area contributed by atoms with Gasteiger partial charge in [0.2, 0.25) is 0 Å². The number of urea groups is 1. The Morgan fingerprint density at radius 2 is 1.90 bits per heavy atom. The van der Waals surface area contributed by atoms with E-state index in [0.717, 1.165) is 0 Å². The summed E-state index contributed by atoms with van der Waals surface area (Å²) < 4.78 is 9.89. The Morgan fingerprint density at radius 1 is 1.21 bits per heavy atom. The molecule has 0 aliphatic heterocycles. The van der Waals surface area contributed by atoms with Gasteiger partial charge in [-0.3, -0.25) is 0 Å². The number of carbonyl (C=O) groups is 3. The van der Waals surface area contributed by atoms with E-state index in [4.69, 9.17) is 9.47 Å². The third-order valence-corrected chi connectivity index (χ3v) is 3.99. The molecule has 1 aromatic carbocycles. The van der Waals surface area contributed by atoms with Crippen LogP contribution in [0.3, 0.4) is 0 Å². The summed E-state index contributed by atoms with van der Waals surface area (Å²) >= 11 is 0. The minimum atomic E-state index is -1.51. The fourth-order valence-corrected chi connectivity index (χ4v) is 2.68. The van der Waals surface area contributed by atoms with Gasteiger partial charge in [0.05, 0.1) is 20.3 Å². The summed E-state index contributed by atoms with van der Waals surface area (Å²) in [6.07, 6.45) is -1.46. The highest BCUT2D eigenvalue weighted by molar-refractivity contribution is 5.83. The van der Waals surface area contributed by atoms with Crippen molar-refractivity contribution in [1.82, 2.24) is 10.2 Å². The van der Waals surface area contributed by atoms with Gasteiger partial charge in [-0.25, -0.2) is 14.4 Å². The molecule has 0 saturated heterocycles. The van der Waals surface area contributed by atoms with Crippen LogP contribution in [-0.4, -0.2) is 72.0 Å². The van der Waals surface area contributed by atoms with Gasteiger partial charge in [0.25, 0.3) is 0 Å². The first-order valence-corrected chi connectivity index (χ1v) is 9.43. The number of nitrogens with zero attached hydrogens (tertiary/aromatic N) is 1. The number of carbonyl (C=O) groups excluding carboxylic acids is 2. The van der Waals surface area contributed by atoms with Crippen molar-refractivity contribution in [2.45, 2.75) is 39.3 Å². The fourth-order valence-electron chi connectivity index (χ4n) is 2.68. The highest BCUT2D eigenvalue weighted by Crippen LogP contribution is 2.14. The van der Waals surface area contributed by atoms with Gasteiger partial charge in [0.15, 0.2) is 6.10 Å². The van der Waals surface area contributed by atoms with Crippen LogP contribution in [0.2, 0.25) is 0 Å². The second-order valence-corrected chi connectivity index (χ2v) is 6.96. The average molecular weight is 410 g/mol. The van der Waals surface area contributed by atoms with Crippen molar-refractivity contribution in [1.29, 1.82) is 0 Å². The van der Waals surface area contributed by atoms with E-state index in [-0.39, 0.29) is 32.0 Å². The van der Waals surface area contributed by atoms with E-state index in [9.17, 15) is 24.6 Å². The number of aliphatic carboxylic acids is 1. The number of amides is 2. The van der Waals surface area contributed by atoms with Gasteiger partial charge >= 0.3 is 18.0 Å². The molecule has 0 fully saturated rings.